The van der Waals surface area contributed by atoms with Gasteiger partial charge in [0, 0.05) is 19.3 Å². The highest BCUT2D eigenvalue weighted by Gasteiger charge is 2.24. The highest BCUT2D eigenvalue weighted by molar-refractivity contribution is 7.23. The first-order chi connectivity index (χ1) is 14.8. The van der Waals surface area contributed by atoms with Crippen LogP contribution in [0.3, 0.4) is 0 Å². The van der Waals surface area contributed by atoms with Crippen molar-refractivity contribution in [3.63, 3.8) is 0 Å². The van der Waals surface area contributed by atoms with Crippen LogP contribution in [-0.4, -0.2) is 46.3 Å². The smallest absolute Gasteiger partial charge is 0.245 e. The van der Waals surface area contributed by atoms with Crippen LogP contribution in [0.1, 0.15) is 5.69 Å². The van der Waals surface area contributed by atoms with Crippen molar-refractivity contribution in [2.45, 2.75) is 6.92 Å². The number of thiophene rings is 1. The number of rotatable bonds is 5. The number of thiazole rings is 1. The quantitative estimate of drug-likeness (QED) is 0.439. The summed E-state index contributed by atoms with van der Waals surface area (Å²) in [6, 6.07) is 16.4. The average molecular weight is 436 g/mol. The van der Waals surface area contributed by atoms with Crippen LogP contribution in [0.5, 0.6) is 0 Å². The zero-order valence-corrected chi connectivity index (χ0v) is 18.2. The van der Waals surface area contributed by atoms with Gasteiger partial charge >= 0.3 is 0 Å². The van der Waals surface area contributed by atoms with Gasteiger partial charge in [-0.05, 0) is 36.6 Å². The Morgan fingerprint density at radius 2 is 1.83 bits per heavy atom. The van der Waals surface area contributed by atoms with E-state index in [1.807, 2.05) is 37.4 Å². The molecule has 3 aromatic heterocycles. The predicted molar refractivity (Wildman–Crippen MR) is 122 cm³/mol. The molecule has 4 aromatic rings. The molecule has 1 aromatic carbocycles. The van der Waals surface area contributed by atoms with E-state index in [4.69, 9.17) is 14.7 Å². The fraction of sp³-hybridized carbons (Fsp3) is 0.227. The molecule has 0 aliphatic carbocycles. The topological polar surface area (TPSA) is 54.4 Å². The summed E-state index contributed by atoms with van der Waals surface area (Å²) in [5.41, 5.74) is 2.93. The van der Waals surface area contributed by atoms with E-state index < -0.39 is 0 Å². The van der Waals surface area contributed by atoms with Crippen molar-refractivity contribution >= 4 is 34.3 Å². The van der Waals surface area contributed by atoms with Crippen LogP contribution >= 0.6 is 22.7 Å². The molecule has 0 unspecified atom stereocenters. The maximum absolute atomic E-state index is 5.55. The molecule has 1 aliphatic heterocycles. The Morgan fingerprint density at radius 1 is 1.00 bits per heavy atom. The molecule has 0 atom stereocenters. The summed E-state index contributed by atoms with van der Waals surface area (Å²) >= 11 is 3.38. The van der Waals surface area contributed by atoms with Crippen LogP contribution < -0.4 is 5.01 Å². The first-order valence-electron chi connectivity index (χ1n) is 9.82. The van der Waals surface area contributed by atoms with Crippen molar-refractivity contribution < 1.29 is 4.74 Å². The summed E-state index contributed by atoms with van der Waals surface area (Å²) in [6.07, 6.45) is 1.83. The van der Waals surface area contributed by atoms with Gasteiger partial charge in [-0.1, -0.05) is 24.3 Å². The van der Waals surface area contributed by atoms with Gasteiger partial charge in [-0.3, -0.25) is 0 Å². The lowest BCUT2D eigenvalue weighted by Gasteiger charge is -2.37. The van der Waals surface area contributed by atoms with Gasteiger partial charge in [0.25, 0.3) is 0 Å². The van der Waals surface area contributed by atoms with Gasteiger partial charge in [0.05, 0.1) is 40.0 Å². The number of para-hydroxylation sites is 1. The minimum Gasteiger partial charge on any atom is -0.379 e. The Balaban J connectivity index is 1.54. The van der Waals surface area contributed by atoms with E-state index in [1.165, 1.54) is 4.88 Å². The Morgan fingerprint density at radius 3 is 2.60 bits per heavy atom. The van der Waals surface area contributed by atoms with Crippen molar-refractivity contribution in [2.75, 3.05) is 31.3 Å². The van der Waals surface area contributed by atoms with Crippen LogP contribution in [0.25, 0.3) is 20.5 Å². The molecule has 0 radical (unpaired) electrons. The molecular weight excluding hydrogens is 414 g/mol. The Bertz CT molecular complexity index is 1110. The van der Waals surface area contributed by atoms with Gasteiger partial charge in [0.15, 0.2) is 0 Å². The van der Waals surface area contributed by atoms with Crippen molar-refractivity contribution in [3.05, 3.63) is 65.8 Å². The highest BCUT2D eigenvalue weighted by Crippen LogP contribution is 2.37. The third-order valence-electron chi connectivity index (χ3n) is 4.86. The molecule has 5 rings (SSSR count). The highest BCUT2D eigenvalue weighted by atomic mass is 32.1. The lowest BCUT2D eigenvalue weighted by Crippen LogP contribution is -2.47. The van der Waals surface area contributed by atoms with E-state index in [2.05, 4.69) is 44.6 Å². The molecule has 4 heterocycles. The minimum atomic E-state index is 0.658. The summed E-state index contributed by atoms with van der Waals surface area (Å²) < 4.78 is 5.55. The van der Waals surface area contributed by atoms with E-state index in [9.17, 15) is 0 Å². The molecule has 0 bridgehead atoms. The number of aromatic nitrogens is 3. The zero-order chi connectivity index (χ0) is 20.3. The number of nitrogens with zero attached hydrogens (tertiary/aromatic N) is 5. The van der Waals surface area contributed by atoms with Gasteiger partial charge in [-0.2, -0.15) is 0 Å². The monoisotopic (exact) mass is 435 g/mol. The average Bonchev–Trinajstić information content (AvgIpc) is 3.46. The van der Waals surface area contributed by atoms with Crippen LogP contribution in [0.15, 0.2) is 60.1 Å². The molecule has 6 nitrogen and oxygen atoms in total. The number of hydrogen-bond donors (Lipinski definition) is 0. The SMILES string of the molecule is Cc1nc(-c2cccs2)sc1-c1ccnc(N(c2ccccc2)N2CCOCC2)n1. The Labute approximate surface area is 183 Å². The second-order valence-corrected chi connectivity index (χ2v) is 8.81. The number of hydrazine groups is 1. The Kier molecular flexibility index (Phi) is 5.54. The van der Waals surface area contributed by atoms with Crippen LogP contribution in [0.4, 0.5) is 11.6 Å². The van der Waals surface area contributed by atoms with Gasteiger partial charge in [-0.25, -0.2) is 25.0 Å². The van der Waals surface area contributed by atoms with Gasteiger partial charge < -0.3 is 4.74 Å². The number of benzene rings is 1. The molecule has 0 amide bonds. The standard InChI is InChI=1S/C22H21N5OS2/c1-16-20(30-21(24-16)19-8-5-15-29-19)18-9-10-23-22(25-18)27(17-6-3-2-4-7-17)26-11-13-28-14-12-26/h2-10,15H,11-14H2,1H3. The molecule has 152 valence electrons. The van der Waals surface area contributed by atoms with Crippen molar-refractivity contribution in [1.82, 2.24) is 20.0 Å². The largest absolute Gasteiger partial charge is 0.379 e. The fourth-order valence-corrected chi connectivity index (χ4v) is 5.28. The summed E-state index contributed by atoms with van der Waals surface area (Å²) in [7, 11) is 0. The van der Waals surface area contributed by atoms with Gasteiger partial charge in [-0.15, -0.1) is 22.7 Å². The molecule has 1 saturated heterocycles. The van der Waals surface area contributed by atoms with Crippen LogP contribution in [-0.2, 0) is 4.74 Å². The molecule has 30 heavy (non-hydrogen) atoms. The normalized spacial score (nSPS) is 14.7. The molecular formula is C22H21N5OS2. The van der Waals surface area contributed by atoms with E-state index in [0.29, 0.717) is 19.2 Å². The first kappa shape index (κ1) is 19.3. The predicted octanol–water partition coefficient (Wildman–Crippen LogP) is 5.02. The van der Waals surface area contributed by atoms with Crippen molar-refractivity contribution in [3.8, 4) is 20.5 Å². The van der Waals surface area contributed by atoms with Crippen molar-refractivity contribution in [2.24, 2.45) is 0 Å². The third-order valence-corrected chi connectivity index (χ3v) is 7.08. The van der Waals surface area contributed by atoms with E-state index in [1.54, 1.807) is 22.7 Å². The van der Waals surface area contributed by atoms with Gasteiger partial charge in [0.1, 0.15) is 5.01 Å². The molecule has 1 aliphatic rings. The number of morpholine rings is 1. The molecule has 0 N–H and O–H groups in total. The lowest BCUT2D eigenvalue weighted by molar-refractivity contribution is 0.0371. The first-order valence-corrected chi connectivity index (χ1v) is 11.5. The van der Waals surface area contributed by atoms with Crippen LogP contribution in [0.2, 0.25) is 0 Å². The summed E-state index contributed by atoms with van der Waals surface area (Å²) in [5.74, 6) is 0.658. The van der Waals surface area contributed by atoms with E-state index in [0.717, 1.165) is 40.0 Å². The van der Waals surface area contributed by atoms with Crippen molar-refractivity contribution in [1.29, 1.82) is 0 Å². The number of hydrogen-bond acceptors (Lipinski definition) is 8. The molecule has 0 spiro atoms. The third kappa shape index (κ3) is 3.87. The van der Waals surface area contributed by atoms with Crippen LogP contribution in [0, 0.1) is 6.92 Å². The second kappa shape index (κ2) is 8.61. The maximum atomic E-state index is 5.55. The second-order valence-electron chi connectivity index (χ2n) is 6.87. The molecule has 1 fully saturated rings. The lowest BCUT2D eigenvalue weighted by atomic mass is 10.3. The molecule has 0 saturated carbocycles. The molecule has 8 heteroatoms. The van der Waals surface area contributed by atoms with E-state index in [-0.39, 0.29) is 0 Å². The number of aryl methyl sites for hydroxylation is 1. The van der Waals surface area contributed by atoms with E-state index >= 15 is 0 Å². The zero-order valence-electron chi connectivity index (χ0n) is 16.6. The summed E-state index contributed by atoms with van der Waals surface area (Å²) in [4.78, 5) is 16.6. The summed E-state index contributed by atoms with van der Waals surface area (Å²) in [5, 5.41) is 7.46. The number of ether oxygens (including phenoxy) is 1. The fourth-order valence-electron chi connectivity index (χ4n) is 3.44. The summed E-state index contributed by atoms with van der Waals surface area (Å²) in [6.45, 7) is 5.03. The maximum Gasteiger partial charge on any atom is 0.245 e. The Hall–Kier alpha value is -2.65. The minimum absolute atomic E-state index is 0.658. The van der Waals surface area contributed by atoms with Gasteiger partial charge in [0.2, 0.25) is 5.95 Å². The number of anilines is 2.